The van der Waals surface area contributed by atoms with Crippen LogP contribution >= 0.6 is 35.0 Å². The highest BCUT2D eigenvalue weighted by Gasteiger charge is 2.21. The number of nitrogens with one attached hydrogen (secondary N) is 1. The maximum Gasteiger partial charge on any atom is 0.235 e. The normalized spacial score (nSPS) is 11.6. The maximum absolute atomic E-state index is 13.8. The van der Waals surface area contributed by atoms with Crippen molar-refractivity contribution in [1.29, 1.82) is 0 Å². The van der Waals surface area contributed by atoms with Crippen LogP contribution in [0.25, 0.3) is 0 Å². The van der Waals surface area contributed by atoms with E-state index in [1.165, 1.54) is 18.2 Å². The molecule has 0 aliphatic rings. The van der Waals surface area contributed by atoms with Crippen molar-refractivity contribution in [3.63, 3.8) is 0 Å². The number of rotatable bonds is 10. The molecule has 10 heteroatoms. The monoisotopic (exact) mass is 478 g/mol. The van der Waals surface area contributed by atoms with Crippen LogP contribution in [-0.4, -0.2) is 43.7 Å². The highest BCUT2D eigenvalue weighted by atomic mass is 35.5. The first-order valence-corrected chi connectivity index (χ1v) is 12.4. The molecule has 0 aromatic heterocycles. The van der Waals surface area contributed by atoms with Crippen molar-refractivity contribution in [3.8, 4) is 0 Å². The van der Waals surface area contributed by atoms with E-state index in [0.717, 1.165) is 16.1 Å². The van der Waals surface area contributed by atoms with Crippen molar-refractivity contribution in [2.45, 2.75) is 12.3 Å². The number of carbonyl (C=O) groups excluding carboxylic acids is 1. The zero-order valence-corrected chi connectivity index (χ0v) is 18.8. The molecule has 1 N–H and O–H groups in total. The van der Waals surface area contributed by atoms with E-state index >= 15 is 0 Å². The lowest BCUT2D eigenvalue weighted by molar-refractivity contribution is -0.121. The fraction of sp³-hybridized carbons (Fsp3) is 0.316. The fourth-order valence-electron chi connectivity index (χ4n) is 2.41. The van der Waals surface area contributed by atoms with Gasteiger partial charge in [0, 0.05) is 40.2 Å². The minimum Gasteiger partial charge on any atom is -0.354 e. The SMILES string of the molecule is CS(=O)(=O)N(CC(=O)NCCSCc1ccc(Cl)cc1Cl)Cc1ccccc1F. The molecule has 5 nitrogen and oxygen atoms in total. The smallest absolute Gasteiger partial charge is 0.235 e. The average molecular weight is 479 g/mol. The van der Waals surface area contributed by atoms with Gasteiger partial charge in [-0.05, 0) is 23.8 Å². The largest absolute Gasteiger partial charge is 0.354 e. The third kappa shape index (κ3) is 8.14. The molecule has 0 aliphatic heterocycles. The summed E-state index contributed by atoms with van der Waals surface area (Å²) < 4.78 is 38.7. The topological polar surface area (TPSA) is 66.5 Å². The predicted molar refractivity (Wildman–Crippen MR) is 117 cm³/mol. The molecule has 0 aliphatic carbocycles. The van der Waals surface area contributed by atoms with E-state index in [1.54, 1.807) is 30.0 Å². The zero-order chi connectivity index (χ0) is 21.4. The van der Waals surface area contributed by atoms with Gasteiger partial charge < -0.3 is 5.32 Å². The molecule has 0 saturated carbocycles. The van der Waals surface area contributed by atoms with Crippen LogP contribution in [0.5, 0.6) is 0 Å². The van der Waals surface area contributed by atoms with Gasteiger partial charge in [-0.2, -0.15) is 16.1 Å². The lowest BCUT2D eigenvalue weighted by Crippen LogP contribution is -2.40. The molecule has 0 fully saturated rings. The molecular formula is C19H21Cl2FN2O3S2. The standard InChI is InChI=1S/C19H21Cl2FN2O3S2/c1-29(26,27)24(11-14-4-2-3-5-18(14)22)12-19(25)23-8-9-28-13-15-6-7-16(20)10-17(15)21/h2-7,10H,8-9,11-13H2,1H3,(H,23,25). The van der Waals surface area contributed by atoms with Gasteiger partial charge in [0.15, 0.2) is 0 Å². The average Bonchev–Trinajstić information content (AvgIpc) is 2.63. The molecule has 0 heterocycles. The molecule has 2 aromatic carbocycles. The van der Waals surface area contributed by atoms with Crippen LogP contribution in [-0.2, 0) is 27.1 Å². The minimum atomic E-state index is -3.68. The molecule has 1 amide bonds. The second-order valence-electron chi connectivity index (χ2n) is 6.26. The van der Waals surface area contributed by atoms with Crippen LogP contribution in [0.1, 0.15) is 11.1 Å². The number of hydrogen-bond donors (Lipinski definition) is 1. The van der Waals surface area contributed by atoms with Crippen molar-refractivity contribution in [3.05, 3.63) is 69.5 Å². The van der Waals surface area contributed by atoms with Gasteiger partial charge >= 0.3 is 0 Å². The van der Waals surface area contributed by atoms with E-state index in [2.05, 4.69) is 5.32 Å². The summed E-state index contributed by atoms with van der Waals surface area (Å²) in [5.41, 5.74) is 1.15. The van der Waals surface area contributed by atoms with Gasteiger partial charge in [-0.3, -0.25) is 4.79 Å². The van der Waals surface area contributed by atoms with E-state index in [-0.39, 0.29) is 18.7 Å². The molecule has 0 radical (unpaired) electrons. The van der Waals surface area contributed by atoms with Gasteiger partial charge in [-0.1, -0.05) is 47.5 Å². The summed E-state index contributed by atoms with van der Waals surface area (Å²) in [6, 6.07) is 11.2. The first-order valence-electron chi connectivity index (χ1n) is 8.63. The summed E-state index contributed by atoms with van der Waals surface area (Å²) in [6.45, 7) is -0.213. The Morgan fingerprint density at radius 1 is 1.17 bits per heavy atom. The van der Waals surface area contributed by atoms with Crippen LogP contribution in [0.4, 0.5) is 4.39 Å². The Balaban J connectivity index is 1.80. The Bertz CT molecular complexity index is 958. The van der Waals surface area contributed by atoms with Crippen LogP contribution in [0.15, 0.2) is 42.5 Å². The predicted octanol–water partition coefficient (Wildman–Crippen LogP) is 3.94. The van der Waals surface area contributed by atoms with E-state index < -0.39 is 21.7 Å². The highest BCUT2D eigenvalue weighted by Crippen LogP contribution is 2.24. The van der Waals surface area contributed by atoms with Crippen molar-refractivity contribution >= 4 is 50.9 Å². The van der Waals surface area contributed by atoms with Crippen molar-refractivity contribution in [2.24, 2.45) is 0 Å². The van der Waals surface area contributed by atoms with Crippen molar-refractivity contribution < 1.29 is 17.6 Å². The number of hydrogen-bond acceptors (Lipinski definition) is 4. The summed E-state index contributed by atoms with van der Waals surface area (Å²) in [7, 11) is -3.68. The highest BCUT2D eigenvalue weighted by molar-refractivity contribution is 7.98. The molecule has 2 rings (SSSR count). The van der Waals surface area contributed by atoms with Crippen LogP contribution < -0.4 is 5.32 Å². The Hall–Kier alpha value is -1.32. The zero-order valence-electron chi connectivity index (χ0n) is 15.7. The number of sulfonamides is 1. The first-order chi connectivity index (χ1) is 13.7. The van der Waals surface area contributed by atoms with E-state index in [4.69, 9.17) is 23.2 Å². The van der Waals surface area contributed by atoms with Crippen LogP contribution in [0.3, 0.4) is 0 Å². The Morgan fingerprint density at radius 3 is 2.55 bits per heavy atom. The lowest BCUT2D eigenvalue weighted by atomic mass is 10.2. The van der Waals surface area contributed by atoms with E-state index in [1.807, 2.05) is 6.07 Å². The lowest BCUT2D eigenvalue weighted by Gasteiger charge is -2.20. The second-order valence-corrected chi connectivity index (χ2v) is 10.2. The third-order valence-corrected chi connectivity index (χ3v) is 6.73. The Kier molecular flexibility index (Phi) is 9.23. The molecule has 2 aromatic rings. The van der Waals surface area contributed by atoms with E-state index in [9.17, 15) is 17.6 Å². The summed E-state index contributed by atoms with van der Waals surface area (Å²) in [4.78, 5) is 12.1. The number of carbonyl (C=O) groups is 1. The Labute approximate surface area is 184 Å². The molecule has 0 atom stereocenters. The molecule has 0 spiro atoms. The summed E-state index contributed by atoms with van der Waals surface area (Å²) >= 11 is 13.5. The van der Waals surface area contributed by atoms with Gasteiger partial charge in [0.05, 0.1) is 12.8 Å². The van der Waals surface area contributed by atoms with Crippen LogP contribution in [0, 0.1) is 5.82 Å². The molecule has 0 unspecified atom stereocenters. The quantitative estimate of drug-likeness (QED) is 0.525. The molecule has 0 saturated heterocycles. The van der Waals surface area contributed by atoms with E-state index in [0.29, 0.717) is 28.1 Å². The van der Waals surface area contributed by atoms with Gasteiger partial charge in [0.1, 0.15) is 5.82 Å². The number of thioether (sulfide) groups is 1. The minimum absolute atomic E-state index is 0.206. The van der Waals surface area contributed by atoms with Crippen molar-refractivity contribution in [1.82, 2.24) is 9.62 Å². The summed E-state index contributed by atoms with van der Waals surface area (Å²) in [5.74, 6) is 0.321. The van der Waals surface area contributed by atoms with Gasteiger partial charge in [0.25, 0.3) is 0 Å². The summed E-state index contributed by atoms with van der Waals surface area (Å²) in [5, 5.41) is 3.84. The molecule has 29 heavy (non-hydrogen) atoms. The van der Waals surface area contributed by atoms with Gasteiger partial charge in [-0.25, -0.2) is 12.8 Å². The number of amides is 1. The fourth-order valence-corrected chi connectivity index (χ4v) is 4.55. The number of benzene rings is 2. The van der Waals surface area contributed by atoms with Crippen molar-refractivity contribution in [2.75, 3.05) is 25.1 Å². The summed E-state index contributed by atoms with van der Waals surface area (Å²) in [6.07, 6.45) is 0.993. The maximum atomic E-state index is 13.8. The van der Waals surface area contributed by atoms with Gasteiger partial charge in [-0.15, -0.1) is 0 Å². The molecular weight excluding hydrogens is 458 g/mol. The van der Waals surface area contributed by atoms with Gasteiger partial charge in [0.2, 0.25) is 15.9 Å². The third-order valence-electron chi connectivity index (χ3n) is 3.93. The molecule has 158 valence electrons. The Morgan fingerprint density at radius 2 is 1.90 bits per heavy atom. The number of nitrogens with zero attached hydrogens (tertiary/aromatic N) is 1. The number of halogens is 3. The second kappa shape index (κ2) is 11.2. The van der Waals surface area contributed by atoms with Crippen LogP contribution in [0.2, 0.25) is 10.0 Å². The molecule has 0 bridgehead atoms. The first kappa shape index (κ1) is 24.0.